The van der Waals surface area contributed by atoms with Crippen LogP contribution in [0.25, 0.3) is 16.8 Å². The molecule has 6 heteroatoms. The first-order valence-electron chi connectivity index (χ1n) is 13.3. The summed E-state index contributed by atoms with van der Waals surface area (Å²) in [6.07, 6.45) is 13.8. The van der Waals surface area contributed by atoms with Crippen LogP contribution < -0.4 is 16.0 Å². The highest BCUT2D eigenvalue weighted by Gasteiger charge is 2.15. The van der Waals surface area contributed by atoms with Crippen molar-refractivity contribution in [3.05, 3.63) is 133 Å². The SMILES string of the molecule is C=C(CC(C)C)Nc1cncc(C(=C)/C=C(C(=C)C(=C)Nc2ccnc(-c3ccncc3)c2C)\C(=C/C)NC)c1. The van der Waals surface area contributed by atoms with Crippen molar-refractivity contribution in [2.24, 2.45) is 5.92 Å². The Balaban J connectivity index is 1.88. The second-order valence-corrected chi connectivity index (χ2v) is 9.97. The summed E-state index contributed by atoms with van der Waals surface area (Å²) in [5.74, 6) is 0.517. The molecule has 0 aliphatic carbocycles. The van der Waals surface area contributed by atoms with Crippen LogP contribution in [-0.4, -0.2) is 22.0 Å². The van der Waals surface area contributed by atoms with Crippen molar-refractivity contribution in [2.75, 3.05) is 17.7 Å². The van der Waals surface area contributed by atoms with Crippen LogP contribution in [0.15, 0.2) is 122 Å². The molecule has 3 heterocycles. The van der Waals surface area contributed by atoms with Crippen LogP contribution in [-0.2, 0) is 0 Å². The molecule has 0 bridgehead atoms. The fraction of sp³-hybridized carbons (Fsp3) is 0.206. The van der Waals surface area contributed by atoms with Crippen molar-refractivity contribution in [2.45, 2.75) is 34.1 Å². The zero-order valence-corrected chi connectivity index (χ0v) is 24.3. The third kappa shape index (κ3) is 7.67. The second kappa shape index (κ2) is 13.9. The third-order valence-electron chi connectivity index (χ3n) is 6.38. The van der Waals surface area contributed by atoms with E-state index in [0.29, 0.717) is 11.6 Å². The maximum atomic E-state index is 4.58. The molecule has 0 aromatic carbocycles. The number of allylic oxidation sites excluding steroid dienone is 6. The second-order valence-electron chi connectivity index (χ2n) is 9.97. The lowest BCUT2D eigenvalue weighted by Gasteiger charge is -2.20. The minimum Gasteiger partial charge on any atom is -0.388 e. The minimum atomic E-state index is 0.517. The van der Waals surface area contributed by atoms with Gasteiger partial charge in [0.15, 0.2) is 0 Å². The molecule has 3 aromatic heterocycles. The third-order valence-corrected chi connectivity index (χ3v) is 6.38. The number of nitrogens with zero attached hydrogens (tertiary/aromatic N) is 3. The van der Waals surface area contributed by atoms with E-state index in [9.17, 15) is 0 Å². The Hall–Kier alpha value is -4.71. The van der Waals surface area contributed by atoms with E-state index in [1.165, 1.54) is 0 Å². The molecule has 206 valence electrons. The normalized spacial score (nSPS) is 11.7. The summed E-state index contributed by atoms with van der Waals surface area (Å²) in [4.78, 5) is 13.1. The van der Waals surface area contributed by atoms with E-state index in [1.807, 2.05) is 57.3 Å². The van der Waals surface area contributed by atoms with Gasteiger partial charge in [0.1, 0.15) is 0 Å². The predicted molar refractivity (Wildman–Crippen MR) is 170 cm³/mol. The van der Waals surface area contributed by atoms with Crippen LogP contribution in [0.4, 0.5) is 11.4 Å². The Morgan fingerprint density at radius 1 is 0.975 bits per heavy atom. The van der Waals surface area contributed by atoms with Crippen molar-refractivity contribution in [1.29, 1.82) is 0 Å². The lowest BCUT2D eigenvalue weighted by atomic mass is 9.96. The molecule has 0 radical (unpaired) electrons. The van der Waals surface area contributed by atoms with Gasteiger partial charge in [-0.25, -0.2) is 0 Å². The first kappa shape index (κ1) is 29.8. The fourth-order valence-electron chi connectivity index (χ4n) is 4.32. The van der Waals surface area contributed by atoms with Crippen molar-refractivity contribution in [1.82, 2.24) is 20.3 Å². The van der Waals surface area contributed by atoms with E-state index in [-0.39, 0.29) is 0 Å². The molecule has 0 spiro atoms. The highest BCUT2D eigenvalue weighted by molar-refractivity contribution is 5.78. The first-order chi connectivity index (χ1) is 19.1. The van der Waals surface area contributed by atoms with Crippen LogP contribution >= 0.6 is 0 Å². The number of anilines is 2. The fourth-order valence-corrected chi connectivity index (χ4v) is 4.32. The summed E-state index contributed by atoms with van der Waals surface area (Å²) in [6, 6.07) is 7.86. The highest BCUT2D eigenvalue weighted by Crippen LogP contribution is 2.31. The van der Waals surface area contributed by atoms with Crippen LogP contribution in [0.3, 0.4) is 0 Å². The zero-order chi connectivity index (χ0) is 29.2. The maximum absolute atomic E-state index is 4.58. The van der Waals surface area contributed by atoms with E-state index in [4.69, 9.17) is 0 Å². The zero-order valence-electron chi connectivity index (χ0n) is 24.3. The molecule has 0 fully saturated rings. The molecule has 0 saturated carbocycles. The molecule has 6 nitrogen and oxygen atoms in total. The molecule has 0 aliphatic heterocycles. The molecule has 0 atom stereocenters. The van der Waals surface area contributed by atoms with E-state index in [2.05, 4.69) is 71.1 Å². The van der Waals surface area contributed by atoms with Gasteiger partial charge < -0.3 is 16.0 Å². The standard InChI is InChI=1S/C34H40N6/c1-10-32(35-9)31(18-23(4)29-19-30(21-37-20-29)39-24(5)17-22(2)3)25(6)27(8)40-33-13-16-38-34(26(33)7)28-11-14-36-15-12-28/h10-16,18-22,35,39H,4-6,8,17H2,1-3,7,9H3,(H,38,40)/b31-18-,32-10+. The van der Waals surface area contributed by atoms with Crippen molar-refractivity contribution < 1.29 is 0 Å². The van der Waals surface area contributed by atoms with Crippen molar-refractivity contribution in [3.63, 3.8) is 0 Å². The van der Waals surface area contributed by atoms with Crippen LogP contribution in [0.1, 0.15) is 38.3 Å². The van der Waals surface area contributed by atoms with E-state index < -0.39 is 0 Å². The van der Waals surface area contributed by atoms with Crippen LogP contribution in [0, 0.1) is 12.8 Å². The smallest absolute Gasteiger partial charge is 0.0752 e. The van der Waals surface area contributed by atoms with Gasteiger partial charge in [-0.3, -0.25) is 15.0 Å². The van der Waals surface area contributed by atoms with Crippen molar-refractivity contribution in [3.8, 4) is 11.3 Å². The summed E-state index contributed by atoms with van der Waals surface area (Å²) in [6.45, 7) is 25.5. The number of aromatic nitrogens is 3. The van der Waals surface area contributed by atoms with E-state index in [0.717, 1.165) is 68.3 Å². The van der Waals surface area contributed by atoms with Gasteiger partial charge in [-0.15, -0.1) is 0 Å². The Labute approximate surface area is 239 Å². The summed E-state index contributed by atoms with van der Waals surface area (Å²) in [7, 11) is 1.88. The maximum Gasteiger partial charge on any atom is 0.0752 e. The number of likely N-dealkylation sites (N-methyl/N-ethyl adjacent to an activating group) is 1. The molecular weight excluding hydrogens is 492 g/mol. The van der Waals surface area contributed by atoms with Gasteiger partial charge >= 0.3 is 0 Å². The van der Waals surface area contributed by atoms with E-state index >= 15 is 0 Å². The minimum absolute atomic E-state index is 0.517. The lowest BCUT2D eigenvalue weighted by molar-refractivity contribution is 0.645. The quantitative estimate of drug-likeness (QED) is 0.193. The molecule has 0 unspecified atom stereocenters. The molecule has 40 heavy (non-hydrogen) atoms. The summed E-state index contributed by atoms with van der Waals surface area (Å²) < 4.78 is 0. The molecule has 3 aromatic rings. The Kier molecular flexibility index (Phi) is 10.4. The predicted octanol–water partition coefficient (Wildman–Crippen LogP) is 8.06. The van der Waals surface area contributed by atoms with Crippen LogP contribution in [0.2, 0.25) is 0 Å². The lowest BCUT2D eigenvalue weighted by Crippen LogP contribution is -2.13. The van der Waals surface area contributed by atoms with Gasteiger partial charge in [-0.2, -0.15) is 0 Å². The topological polar surface area (TPSA) is 74.8 Å². The Morgan fingerprint density at radius 2 is 1.70 bits per heavy atom. The number of hydrogen-bond donors (Lipinski definition) is 3. The molecular formula is C34H40N6. The largest absolute Gasteiger partial charge is 0.388 e. The van der Waals surface area contributed by atoms with Gasteiger partial charge in [-0.05, 0) is 73.2 Å². The van der Waals surface area contributed by atoms with Gasteiger partial charge in [0.25, 0.3) is 0 Å². The monoisotopic (exact) mass is 532 g/mol. The van der Waals surface area contributed by atoms with Crippen LogP contribution in [0.5, 0.6) is 0 Å². The first-order valence-corrected chi connectivity index (χ1v) is 13.3. The van der Waals surface area contributed by atoms with Gasteiger partial charge in [0.05, 0.1) is 17.6 Å². The number of rotatable bonds is 13. The van der Waals surface area contributed by atoms with Gasteiger partial charge in [-0.1, -0.05) is 46.2 Å². The summed E-state index contributed by atoms with van der Waals surface area (Å²) >= 11 is 0. The Bertz CT molecular complexity index is 1460. The highest BCUT2D eigenvalue weighted by atomic mass is 14.9. The average molecular weight is 533 g/mol. The summed E-state index contributed by atoms with van der Waals surface area (Å²) in [5, 5.41) is 10.1. The molecule has 0 aliphatic rings. The molecule has 3 rings (SSSR count). The van der Waals surface area contributed by atoms with Gasteiger partial charge in [0, 0.05) is 71.3 Å². The summed E-state index contributed by atoms with van der Waals surface area (Å²) in [5.41, 5.74) is 10.5. The van der Waals surface area contributed by atoms with Gasteiger partial charge in [0.2, 0.25) is 0 Å². The van der Waals surface area contributed by atoms with Crippen molar-refractivity contribution >= 4 is 16.9 Å². The van der Waals surface area contributed by atoms with E-state index in [1.54, 1.807) is 31.0 Å². The number of nitrogens with one attached hydrogen (secondary N) is 3. The molecule has 0 amide bonds. The average Bonchev–Trinajstić information content (AvgIpc) is 2.93. The molecule has 0 saturated heterocycles. The molecule has 3 N–H and O–H groups in total. The number of pyridine rings is 3. The number of hydrogen-bond acceptors (Lipinski definition) is 6. The Morgan fingerprint density at radius 3 is 2.35 bits per heavy atom.